The van der Waals surface area contributed by atoms with Gasteiger partial charge in [0.15, 0.2) is 12.6 Å². The van der Waals surface area contributed by atoms with Crippen molar-refractivity contribution in [1.29, 1.82) is 0 Å². The minimum absolute atomic E-state index is 0.0105. The van der Waals surface area contributed by atoms with Crippen molar-refractivity contribution in [3.05, 3.63) is 29.8 Å². The molecule has 0 unspecified atom stereocenters. The number of aliphatic hydroxyl groups excluding tert-OH is 3. The smallest absolute Gasteiger partial charge is 0.331 e. The summed E-state index contributed by atoms with van der Waals surface area (Å²) < 4.78 is 66.8. The predicted octanol–water partition coefficient (Wildman–Crippen LogP) is 2.68. The number of hydrogen-bond donors (Lipinski definition) is 6. The SMILES string of the molecule is CC[C@H]1OC(=O)[C@H](C)[C@@H](O[C@H]2C[C@@](C)(OC)[C@@H](O)[C@H](C)O2)[C@H](C)[C@@H](O[C@@H]2O[C@H](C)C[C@H](N(C)C)[C@H]2O)[C@](C)(O)C[C@@H](C)CN(C(=O)NS(=O)(=O)c2ccc(C)cc2)[C@H](C)[C@@H](O)[C@]1(C)O. The van der Waals surface area contributed by atoms with Gasteiger partial charge in [-0.3, -0.25) is 4.79 Å². The third-order valence-electron chi connectivity index (χ3n) is 13.7. The Balaban J connectivity index is 1.87. The molecule has 6 N–H and O–H groups in total. The van der Waals surface area contributed by atoms with E-state index in [1.165, 1.54) is 40.0 Å². The van der Waals surface area contributed by atoms with Crippen LogP contribution in [0.1, 0.15) is 100 Å². The molecule has 18 nitrogen and oxygen atoms in total. The number of aryl methyl sites for hydroxylation is 1. The van der Waals surface area contributed by atoms with Crippen LogP contribution >= 0.6 is 0 Å². The largest absolute Gasteiger partial charge is 0.459 e. The molecule has 3 fully saturated rings. The van der Waals surface area contributed by atoms with Gasteiger partial charge >= 0.3 is 12.0 Å². The number of ether oxygens (including phenoxy) is 6. The van der Waals surface area contributed by atoms with Gasteiger partial charge < -0.3 is 63.8 Å². The molecule has 64 heavy (non-hydrogen) atoms. The second kappa shape index (κ2) is 21.2. The number of sulfonamides is 1. The van der Waals surface area contributed by atoms with Crippen LogP contribution in [0.5, 0.6) is 0 Å². The van der Waals surface area contributed by atoms with Crippen molar-refractivity contribution in [1.82, 2.24) is 14.5 Å². The van der Waals surface area contributed by atoms with E-state index >= 15 is 0 Å². The quantitative estimate of drug-likeness (QED) is 0.195. The fourth-order valence-electron chi connectivity index (χ4n) is 9.73. The number of hydrogen-bond acceptors (Lipinski definition) is 16. The highest BCUT2D eigenvalue weighted by Gasteiger charge is 2.53. The third kappa shape index (κ3) is 12.1. The maximum Gasteiger partial charge on any atom is 0.331 e. The highest BCUT2D eigenvalue weighted by atomic mass is 32.2. The van der Waals surface area contributed by atoms with Gasteiger partial charge in [-0.15, -0.1) is 0 Å². The molecule has 368 valence electrons. The maximum absolute atomic E-state index is 14.5. The fourth-order valence-corrected chi connectivity index (χ4v) is 10.7. The number of amides is 2. The first-order valence-electron chi connectivity index (χ1n) is 22.4. The Morgan fingerprint density at radius 3 is 2.12 bits per heavy atom. The Kier molecular flexibility index (Phi) is 17.9. The number of likely N-dealkylation sites (N-methyl/N-ethyl adjacent to an activating group) is 1. The first-order valence-corrected chi connectivity index (χ1v) is 23.9. The molecule has 19 heteroatoms. The van der Waals surface area contributed by atoms with E-state index in [2.05, 4.69) is 4.72 Å². The normalized spacial score (nSPS) is 42.3. The zero-order valence-corrected chi connectivity index (χ0v) is 40.9. The van der Waals surface area contributed by atoms with Crippen LogP contribution in [0.3, 0.4) is 0 Å². The van der Waals surface area contributed by atoms with Crippen LogP contribution in [-0.2, 0) is 43.2 Å². The van der Waals surface area contributed by atoms with Crippen LogP contribution in [0.15, 0.2) is 29.2 Å². The summed E-state index contributed by atoms with van der Waals surface area (Å²) in [6, 6.07) is 3.09. The van der Waals surface area contributed by atoms with Crippen LogP contribution < -0.4 is 4.72 Å². The molecular formula is C45H77N3O15S. The van der Waals surface area contributed by atoms with Crippen LogP contribution in [0.4, 0.5) is 4.79 Å². The lowest BCUT2D eigenvalue weighted by Crippen LogP contribution is -2.61. The van der Waals surface area contributed by atoms with Crippen molar-refractivity contribution < 1.29 is 72.0 Å². The van der Waals surface area contributed by atoms with Crippen LogP contribution in [0, 0.1) is 24.7 Å². The number of carbonyl (C=O) groups is 2. The molecule has 1 aromatic rings. The summed E-state index contributed by atoms with van der Waals surface area (Å²) in [7, 11) is 0.688. The zero-order valence-electron chi connectivity index (χ0n) is 40.1. The van der Waals surface area contributed by atoms with Gasteiger partial charge in [0.05, 0.1) is 52.5 Å². The van der Waals surface area contributed by atoms with Crippen LogP contribution in [0.2, 0.25) is 0 Å². The molecule has 3 aliphatic heterocycles. The van der Waals surface area contributed by atoms with Gasteiger partial charge in [0.1, 0.15) is 30.0 Å². The van der Waals surface area contributed by atoms with Gasteiger partial charge in [0.2, 0.25) is 0 Å². The van der Waals surface area contributed by atoms with E-state index in [0.717, 1.165) is 10.5 Å². The van der Waals surface area contributed by atoms with Crippen LogP contribution in [0.25, 0.3) is 0 Å². The number of methoxy groups -OCH3 is 1. The van der Waals surface area contributed by atoms with Gasteiger partial charge in [-0.25, -0.2) is 17.9 Å². The minimum atomic E-state index is -4.43. The molecular weight excluding hydrogens is 855 g/mol. The van der Waals surface area contributed by atoms with Crippen molar-refractivity contribution in [2.75, 3.05) is 27.7 Å². The maximum atomic E-state index is 14.5. The minimum Gasteiger partial charge on any atom is -0.459 e. The van der Waals surface area contributed by atoms with Gasteiger partial charge in [0, 0.05) is 32.0 Å². The van der Waals surface area contributed by atoms with Gasteiger partial charge in [-0.05, 0) is 107 Å². The number of esters is 1. The van der Waals surface area contributed by atoms with Gasteiger partial charge in [0.25, 0.3) is 10.0 Å². The number of nitrogens with one attached hydrogen (secondary N) is 1. The Morgan fingerprint density at radius 1 is 0.953 bits per heavy atom. The lowest BCUT2D eigenvalue weighted by atomic mass is 9.77. The number of benzene rings is 1. The molecule has 0 spiro atoms. The summed E-state index contributed by atoms with van der Waals surface area (Å²) in [4.78, 5) is 31.5. The molecule has 3 heterocycles. The van der Waals surface area contributed by atoms with Crippen molar-refractivity contribution in [3.8, 4) is 0 Å². The monoisotopic (exact) mass is 932 g/mol. The number of urea groups is 1. The Hall–Kier alpha value is -2.53. The topological polar surface area (TPSA) is 243 Å². The van der Waals surface area contributed by atoms with E-state index < -0.39 is 118 Å². The summed E-state index contributed by atoms with van der Waals surface area (Å²) in [5.74, 6) is -3.62. The summed E-state index contributed by atoms with van der Waals surface area (Å²) in [6.07, 6.45) is -10.9. The highest BCUT2D eigenvalue weighted by Crippen LogP contribution is 2.40. The van der Waals surface area contributed by atoms with Gasteiger partial charge in [-0.1, -0.05) is 38.5 Å². The molecule has 4 rings (SSSR count). The summed E-state index contributed by atoms with van der Waals surface area (Å²) in [5.41, 5.74) is -4.38. The molecule has 0 bridgehead atoms. The molecule has 1 aromatic carbocycles. The Morgan fingerprint density at radius 2 is 1.56 bits per heavy atom. The first-order chi connectivity index (χ1) is 29.5. The standard InChI is InChI=1S/C45H77N3O15S/c1-15-33-45(11,55)37(50)29(7)48(42(53)46-64(56,57)31-18-16-24(2)17-19-31)23-25(3)21-43(9,54)39(63-41-35(49)32(47(12)13)20-26(4)59-41)27(5)36(28(6)40(52)61-33)62-34-22-44(10,58-14)38(51)30(8)60-34/h16-19,25-30,32-39,41,49-51,54-55H,15,20-23H2,1-14H3,(H,46,53)/t25-,26-,27+,28-,29-,30+,32+,33-,34+,35-,36+,37-,38+,39-,41+,43-,44-,45-/m1/s1. The van der Waals surface area contributed by atoms with Crippen molar-refractivity contribution in [2.24, 2.45) is 17.8 Å². The number of nitrogens with zero attached hydrogens (tertiary/aromatic N) is 2. The molecule has 0 aromatic heterocycles. The predicted molar refractivity (Wildman–Crippen MR) is 235 cm³/mol. The Bertz CT molecular complexity index is 1820. The molecule has 0 radical (unpaired) electrons. The second-order valence-electron chi connectivity index (χ2n) is 19.6. The molecule has 0 aliphatic carbocycles. The number of carbonyl (C=O) groups excluding carboxylic acids is 2. The molecule has 2 amide bonds. The van der Waals surface area contributed by atoms with E-state index in [-0.39, 0.29) is 42.8 Å². The number of cyclic esters (lactones) is 1. The lowest BCUT2D eigenvalue weighted by Gasteiger charge is -2.48. The van der Waals surface area contributed by atoms with E-state index in [4.69, 9.17) is 28.4 Å². The number of aliphatic hydroxyl groups is 5. The average Bonchev–Trinajstić information content (AvgIpc) is 3.21. The summed E-state index contributed by atoms with van der Waals surface area (Å²) >= 11 is 0. The molecule has 0 saturated carbocycles. The van der Waals surface area contributed by atoms with E-state index in [9.17, 15) is 43.5 Å². The highest BCUT2D eigenvalue weighted by molar-refractivity contribution is 7.90. The van der Waals surface area contributed by atoms with Gasteiger partial charge in [-0.2, -0.15) is 0 Å². The Labute approximate surface area is 379 Å². The second-order valence-corrected chi connectivity index (χ2v) is 21.3. The van der Waals surface area contributed by atoms with Crippen molar-refractivity contribution >= 4 is 22.0 Å². The third-order valence-corrected chi connectivity index (χ3v) is 15.1. The summed E-state index contributed by atoms with van der Waals surface area (Å²) in [6.45, 7) is 17.6. The summed E-state index contributed by atoms with van der Waals surface area (Å²) in [5, 5.41) is 59.5. The van der Waals surface area contributed by atoms with Crippen molar-refractivity contribution in [3.63, 3.8) is 0 Å². The molecule has 3 saturated heterocycles. The number of rotatable bonds is 9. The molecule has 18 atom stereocenters. The fraction of sp³-hybridized carbons (Fsp3) is 0.822. The van der Waals surface area contributed by atoms with Crippen LogP contribution in [-0.4, -0.2) is 174 Å². The zero-order chi connectivity index (χ0) is 48.4. The van der Waals surface area contributed by atoms with E-state index in [1.54, 1.807) is 60.6 Å². The van der Waals surface area contributed by atoms with E-state index in [0.29, 0.717) is 6.42 Å². The van der Waals surface area contributed by atoms with Crippen molar-refractivity contribution in [2.45, 2.75) is 197 Å². The van der Waals surface area contributed by atoms with E-state index in [1.807, 2.05) is 25.9 Å². The first kappa shape index (κ1) is 54.1. The molecule has 3 aliphatic rings. The average molecular weight is 932 g/mol. The lowest BCUT2D eigenvalue weighted by molar-refractivity contribution is -0.318.